The topological polar surface area (TPSA) is 70.0 Å². The highest BCUT2D eigenvalue weighted by Crippen LogP contribution is 2.29. The van der Waals surface area contributed by atoms with Crippen LogP contribution in [-0.4, -0.2) is 59.5 Å². The molecule has 0 spiro atoms. The standard InChI is InChI=1S/C16H18F3NO4/c1-20(12-8-24-9-13(21)15(12)23)14(22)6-5-10-3-2-4-11(7-10)16(17,18)19/h2-7,12-13,15,21,23H,8-9H2,1H3/t12-,13-,15+/m1/s1. The van der Waals surface area contributed by atoms with Crippen LogP contribution in [0.4, 0.5) is 13.2 Å². The maximum Gasteiger partial charge on any atom is 0.416 e. The van der Waals surface area contributed by atoms with Gasteiger partial charge in [0.25, 0.3) is 0 Å². The lowest BCUT2D eigenvalue weighted by Gasteiger charge is -2.37. The predicted octanol–water partition coefficient (Wildman–Crippen LogP) is 1.30. The third-order valence-corrected chi connectivity index (χ3v) is 3.84. The zero-order chi connectivity index (χ0) is 17.9. The fraction of sp³-hybridized carbons (Fsp3) is 0.438. The number of amides is 1. The Labute approximate surface area is 137 Å². The summed E-state index contributed by atoms with van der Waals surface area (Å²) >= 11 is 0. The van der Waals surface area contributed by atoms with Crippen molar-refractivity contribution < 1.29 is 32.9 Å². The molecule has 24 heavy (non-hydrogen) atoms. The minimum Gasteiger partial charge on any atom is -0.388 e. The highest BCUT2D eigenvalue weighted by Gasteiger charge is 2.35. The van der Waals surface area contributed by atoms with E-state index in [0.717, 1.165) is 18.2 Å². The summed E-state index contributed by atoms with van der Waals surface area (Å²) < 4.78 is 43.1. The number of carbonyl (C=O) groups is 1. The molecule has 1 aromatic carbocycles. The summed E-state index contributed by atoms with van der Waals surface area (Å²) in [5.74, 6) is -0.519. The first kappa shape index (κ1) is 18.4. The Morgan fingerprint density at radius 3 is 2.71 bits per heavy atom. The van der Waals surface area contributed by atoms with Crippen LogP contribution in [0.5, 0.6) is 0 Å². The Bertz CT molecular complexity index is 618. The molecule has 1 aliphatic rings. The van der Waals surface area contributed by atoms with Crippen LogP contribution in [0.25, 0.3) is 6.08 Å². The van der Waals surface area contributed by atoms with Crippen molar-refractivity contribution in [1.82, 2.24) is 4.90 Å². The molecule has 1 heterocycles. The summed E-state index contributed by atoms with van der Waals surface area (Å²) in [4.78, 5) is 13.3. The second kappa shape index (κ2) is 7.33. The van der Waals surface area contributed by atoms with Crippen molar-refractivity contribution >= 4 is 12.0 Å². The molecule has 0 radical (unpaired) electrons. The second-order valence-electron chi connectivity index (χ2n) is 5.57. The summed E-state index contributed by atoms with van der Waals surface area (Å²) in [6, 6.07) is 3.86. The largest absolute Gasteiger partial charge is 0.416 e. The molecule has 2 rings (SSSR count). The fourth-order valence-corrected chi connectivity index (χ4v) is 2.37. The number of aliphatic hydroxyl groups excluding tert-OH is 2. The van der Waals surface area contributed by atoms with Crippen molar-refractivity contribution in [1.29, 1.82) is 0 Å². The average molecular weight is 345 g/mol. The van der Waals surface area contributed by atoms with Crippen molar-refractivity contribution in [2.75, 3.05) is 20.3 Å². The van der Waals surface area contributed by atoms with Gasteiger partial charge in [-0.2, -0.15) is 13.2 Å². The van der Waals surface area contributed by atoms with Gasteiger partial charge in [-0.05, 0) is 23.8 Å². The van der Waals surface area contributed by atoms with E-state index in [9.17, 15) is 28.2 Å². The van der Waals surface area contributed by atoms with Crippen LogP contribution in [-0.2, 0) is 15.7 Å². The number of hydrogen-bond acceptors (Lipinski definition) is 4. The van der Waals surface area contributed by atoms with Crippen LogP contribution < -0.4 is 0 Å². The first-order valence-corrected chi connectivity index (χ1v) is 7.26. The second-order valence-corrected chi connectivity index (χ2v) is 5.57. The normalized spacial score (nSPS) is 25.0. The van der Waals surface area contributed by atoms with E-state index < -0.39 is 35.9 Å². The lowest BCUT2D eigenvalue weighted by molar-refractivity contribution is -0.149. The van der Waals surface area contributed by atoms with E-state index in [4.69, 9.17) is 4.74 Å². The molecular weight excluding hydrogens is 327 g/mol. The van der Waals surface area contributed by atoms with Gasteiger partial charge in [0.05, 0.1) is 24.8 Å². The number of benzene rings is 1. The Morgan fingerprint density at radius 2 is 2.04 bits per heavy atom. The van der Waals surface area contributed by atoms with Gasteiger partial charge in [0.15, 0.2) is 0 Å². The van der Waals surface area contributed by atoms with Crippen molar-refractivity contribution in [3.63, 3.8) is 0 Å². The van der Waals surface area contributed by atoms with E-state index in [-0.39, 0.29) is 18.8 Å². The number of likely N-dealkylation sites (N-methyl/N-ethyl adjacent to an activating group) is 1. The molecule has 0 aliphatic carbocycles. The van der Waals surface area contributed by atoms with Crippen LogP contribution in [0.2, 0.25) is 0 Å². The first-order valence-electron chi connectivity index (χ1n) is 7.26. The maximum atomic E-state index is 12.7. The van der Waals surface area contributed by atoms with Gasteiger partial charge in [0.2, 0.25) is 5.91 Å². The zero-order valence-corrected chi connectivity index (χ0v) is 12.9. The fourth-order valence-electron chi connectivity index (χ4n) is 2.37. The summed E-state index contributed by atoms with van der Waals surface area (Å²) in [5.41, 5.74) is -0.572. The molecule has 0 aromatic heterocycles. The third-order valence-electron chi connectivity index (χ3n) is 3.84. The molecule has 5 nitrogen and oxygen atoms in total. The van der Waals surface area contributed by atoms with Gasteiger partial charge >= 0.3 is 6.18 Å². The summed E-state index contributed by atoms with van der Waals surface area (Å²) in [7, 11) is 1.42. The van der Waals surface area contributed by atoms with E-state index in [1.165, 1.54) is 30.2 Å². The van der Waals surface area contributed by atoms with Gasteiger partial charge in [-0.3, -0.25) is 4.79 Å². The Balaban J connectivity index is 2.07. The molecule has 1 aromatic rings. The number of nitrogens with zero attached hydrogens (tertiary/aromatic N) is 1. The number of halogens is 3. The van der Waals surface area contributed by atoms with Crippen molar-refractivity contribution in [3.8, 4) is 0 Å². The Kier molecular flexibility index (Phi) is 5.63. The molecule has 1 saturated heterocycles. The van der Waals surface area contributed by atoms with Crippen molar-refractivity contribution in [3.05, 3.63) is 41.5 Å². The third kappa shape index (κ3) is 4.34. The van der Waals surface area contributed by atoms with Gasteiger partial charge in [0, 0.05) is 13.1 Å². The van der Waals surface area contributed by atoms with Crippen LogP contribution in [0.3, 0.4) is 0 Å². The van der Waals surface area contributed by atoms with Crippen LogP contribution in [0, 0.1) is 0 Å². The monoisotopic (exact) mass is 345 g/mol. The lowest BCUT2D eigenvalue weighted by atomic mass is 10.0. The minimum atomic E-state index is -4.45. The van der Waals surface area contributed by atoms with Gasteiger partial charge in [-0.15, -0.1) is 0 Å². The summed E-state index contributed by atoms with van der Waals surface area (Å²) in [6.07, 6.45) is -4.31. The van der Waals surface area contributed by atoms with Crippen LogP contribution >= 0.6 is 0 Å². The quantitative estimate of drug-likeness (QED) is 0.810. The molecule has 0 unspecified atom stereocenters. The molecule has 0 saturated carbocycles. The van der Waals surface area contributed by atoms with Crippen molar-refractivity contribution in [2.45, 2.75) is 24.4 Å². The number of rotatable bonds is 3. The van der Waals surface area contributed by atoms with Gasteiger partial charge in [-0.25, -0.2) is 0 Å². The van der Waals surface area contributed by atoms with Gasteiger partial charge in [-0.1, -0.05) is 12.1 Å². The SMILES string of the molecule is CN(C(=O)C=Cc1cccc(C(F)(F)F)c1)[C@@H]1COC[C@@H](O)[C@H]1O. The lowest BCUT2D eigenvalue weighted by Crippen LogP contribution is -2.56. The van der Waals surface area contributed by atoms with E-state index in [1.807, 2.05) is 0 Å². The van der Waals surface area contributed by atoms with E-state index in [2.05, 4.69) is 0 Å². The number of carbonyl (C=O) groups excluding carboxylic acids is 1. The summed E-state index contributed by atoms with van der Waals surface area (Å²) in [6.45, 7) is 0.0532. The van der Waals surface area contributed by atoms with Crippen LogP contribution in [0.1, 0.15) is 11.1 Å². The molecule has 1 aliphatic heterocycles. The molecule has 1 fully saturated rings. The highest BCUT2D eigenvalue weighted by atomic mass is 19.4. The summed E-state index contributed by atoms with van der Waals surface area (Å²) in [5, 5.41) is 19.5. The number of alkyl halides is 3. The Morgan fingerprint density at radius 1 is 1.33 bits per heavy atom. The van der Waals surface area contributed by atoms with E-state index >= 15 is 0 Å². The molecule has 0 bridgehead atoms. The number of hydrogen-bond donors (Lipinski definition) is 2. The van der Waals surface area contributed by atoms with E-state index in [0.29, 0.717) is 0 Å². The molecule has 8 heteroatoms. The number of ether oxygens (including phenoxy) is 1. The number of aliphatic hydroxyl groups is 2. The average Bonchev–Trinajstić information content (AvgIpc) is 2.54. The highest BCUT2D eigenvalue weighted by molar-refractivity contribution is 5.91. The van der Waals surface area contributed by atoms with Crippen molar-refractivity contribution in [2.24, 2.45) is 0 Å². The van der Waals surface area contributed by atoms with E-state index in [1.54, 1.807) is 0 Å². The molecule has 132 valence electrons. The smallest absolute Gasteiger partial charge is 0.388 e. The predicted molar refractivity (Wildman–Crippen MR) is 79.9 cm³/mol. The minimum absolute atomic E-state index is 0.0141. The van der Waals surface area contributed by atoms with Gasteiger partial charge in [0.1, 0.15) is 12.2 Å². The molecule has 3 atom stereocenters. The molecule has 1 amide bonds. The first-order chi connectivity index (χ1) is 11.2. The zero-order valence-electron chi connectivity index (χ0n) is 12.9. The van der Waals surface area contributed by atoms with Crippen LogP contribution in [0.15, 0.2) is 30.3 Å². The maximum absolute atomic E-state index is 12.7. The Hall–Kier alpha value is -1.90. The van der Waals surface area contributed by atoms with Gasteiger partial charge < -0.3 is 19.8 Å². The molecular formula is C16H18F3NO4. The molecule has 2 N–H and O–H groups in total.